The summed E-state index contributed by atoms with van der Waals surface area (Å²) in [5, 5.41) is 2.74. The van der Waals surface area contributed by atoms with Crippen molar-refractivity contribution in [2.75, 3.05) is 23.9 Å². The Kier molecular flexibility index (Phi) is 6.53. The lowest BCUT2D eigenvalue weighted by Crippen LogP contribution is -2.36. The zero-order valence-electron chi connectivity index (χ0n) is 10.7. The van der Waals surface area contributed by atoms with E-state index >= 15 is 0 Å². The van der Waals surface area contributed by atoms with E-state index in [0.29, 0.717) is 24.6 Å². The Morgan fingerprint density at radius 3 is 3.11 bits per heavy atom. The van der Waals surface area contributed by atoms with Crippen LogP contribution in [0.3, 0.4) is 0 Å². The van der Waals surface area contributed by atoms with Gasteiger partial charge in [-0.1, -0.05) is 0 Å². The monoisotopic (exact) mass is 269 g/mol. The van der Waals surface area contributed by atoms with Gasteiger partial charge < -0.3 is 15.8 Å². The highest BCUT2D eigenvalue weighted by Crippen LogP contribution is 2.20. The molecule has 1 amide bonds. The summed E-state index contributed by atoms with van der Waals surface area (Å²) in [6.07, 6.45) is 4.25. The molecule has 1 atom stereocenters. The van der Waals surface area contributed by atoms with Crippen LogP contribution in [0.25, 0.3) is 0 Å². The van der Waals surface area contributed by atoms with Crippen molar-refractivity contribution >= 4 is 23.4 Å². The summed E-state index contributed by atoms with van der Waals surface area (Å²) in [7, 11) is 0. The van der Waals surface area contributed by atoms with Crippen molar-refractivity contribution in [3.63, 3.8) is 0 Å². The largest absolute Gasteiger partial charge is 0.476 e. The molecule has 0 aliphatic rings. The third-order valence-corrected chi connectivity index (χ3v) is 2.92. The summed E-state index contributed by atoms with van der Waals surface area (Å²) in [5.41, 5.74) is 6.35. The quantitative estimate of drug-likeness (QED) is 0.784. The summed E-state index contributed by atoms with van der Waals surface area (Å²) in [4.78, 5) is 15.9. The zero-order valence-corrected chi connectivity index (χ0v) is 11.5. The van der Waals surface area contributed by atoms with Gasteiger partial charge in [-0.3, -0.25) is 4.79 Å². The molecule has 0 aliphatic carbocycles. The molecule has 100 valence electrons. The lowest BCUT2D eigenvalue weighted by atomic mass is 10.2. The highest BCUT2D eigenvalue weighted by atomic mass is 32.2. The number of nitrogens with two attached hydrogens (primary N) is 1. The maximum Gasteiger partial charge on any atom is 0.241 e. The van der Waals surface area contributed by atoms with Gasteiger partial charge in [-0.15, -0.1) is 0 Å². The smallest absolute Gasteiger partial charge is 0.241 e. The average Bonchev–Trinajstić information content (AvgIpc) is 2.38. The molecule has 0 aliphatic heterocycles. The Morgan fingerprint density at radius 1 is 1.67 bits per heavy atom. The third-order valence-electron chi connectivity index (χ3n) is 2.28. The first kappa shape index (κ1) is 14.8. The van der Waals surface area contributed by atoms with E-state index < -0.39 is 6.04 Å². The molecule has 0 unspecified atom stereocenters. The first-order valence-electron chi connectivity index (χ1n) is 5.82. The standard InChI is InChI=1S/C12H19N3O2S/c1-3-17-12-10(5-4-7-14-12)15-11(16)9(13)6-8-18-2/h4-5,7,9H,3,6,8,13H2,1-2H3,(H,15,16)/t9-/m0/s1. The number of hydrogen-bond donors (Lipinski definition) is 2. The van der Waals surface area contributed by atoms with Gasteiger partial charge in [0, 0.05) is 6.20 Å². The number of carbonyl (C=O) groups excluding carboxylic acids is 1. The third kappa shape index (κ3) is 4.54. The van der Waals surface area contributed by atoms with E-state index in [2.05, 4.69) is 10.3 Å². The molecule has 0 saturated carbocycles. The van der Waals surface area contributed by atoms with E-state index in [1.807, 2.05) is 13.2 Å². The van der Waals surface area contributed by atoms with Crippen LogP contribution in [-0.4, -0.2) is 35.5 Å². The average molecular weight is 269 g/mol. The summed E-state index contributed by atoms with van der Waals surface area (Å²) >= 11 is 1.67. The van der Waals surface area contributed by atoms with Gasteiger partial charge in [0.05, 0.1) is 12.6 Å². The van der Waals surface area contributed by atoms with Crippen LogP contribution in [0.2, 0.25) is 0 Å². The second kappa shape index (κ2) is 7.94. The lowest BCUT2D eigenvalue weighted by Gasteiger charge is -2.13. The molecule has 1 aromatic heterocycles. The lowest BCUT2D eigenvalue weighted by molar-refractivity contribution is -0.117. The fraction of sp³-hybridized carbons (Fsp3) is 0.500. The van der Waals surface area contributed by atoms with E-state index in [0.717, 1.165) is 5.75 Å². The Hall–Kier alpha value is -1.27. The number of anilines is 1. The number of amides is 1. The molecule has 0 radical (unpaired) electrons. The molecule has 1 heterocycles. The topological polar surface area (TPSA) is 77.2 Å². The molecule has 1 rings (SSSR count). The van der Waals surface area contributed by atoms with Gasteiger partial charge in [-0.25, -0.2) is 4.98 Å². The molecular formula is C12H19N3O2S. The van der Waals surface area contributed by atoms with Crippen molar-refractivity contribution in [1.82, 2.24) is 4.98 Å². The second-order valence-corrected chi connectivity index (χ2v) is 4.65. The fourth-order valence-corrected chi connectivity index (χ4v) is 1.83. The number of ether oxygens (including phenoxy) is 1. The van der Waals surface area contributed by atoms with Gasteiger partial charge in [-0.05, 0) is 37.5 Å². The van der Waals surface area contributed by atoms with Crippen molar-refractivity contribution in [1.29, 1.82) is 0 Å². The zero-order chi connectivity index (χ0) is 13.4. The number of pyridine rings is 1. The van der Waals surface area contributed by atoms with Crippen molar-refractivity contribution in [3.8, 4) is 5.88 Å². The number of nitrogens with one attached hydrogen (secondary N) is 1. The second-order valence-electron chi connectivity index (χ2n) is 3.67. The Balaban J connectivity index is 2.63. The Morgan fingerprint density at radius 2 is 2.44 bits per heavy atom. The molecule has 0 bridgehead atoms. The Bertz CT molecular complexity index is 387. The van der Waals surface area contributed by atoms with E-state index in [4.69, 9.17) is 10.5 Å². The van der Waals surface area contributed by atoms with Crippen LogP contribution in [0.15, 0.2) is 18.3 Å². The van der Waals surface area contributed by atoms with Crippen LogP contribution in [0.4, 0.5) is 5.69 Å². The van der Waals surface area contributed by atoms with E-state index in [1.165, 1.54) is 0 Å². The summed E-state index contributed by atoms with van der Waals surface area (Å²) in [6, 6.07) is 2.98. The van der Waals surface area contributed by atoms with Crippen LogP contribution in [-0.2, 0) is 4.79 Å². The van der Waals surface area contributed by atoms with Gasteiger partial charge >= 0.3 is 0 Å². The number of nitrogens with zero attached hydrogens (tertiary/aromatic N) is 1. The molecule has 0 spiro atoms. The van der Waals surface area contributed by atoms with E-state index in [9.17, 15) is 4.79 Å². The molecule has 1 aromatic rings. The Labute approximate surface area is 111 Å². The molecule has 6 heteroatoms. The highest BCUT2D eigenvalue weighted by molar-refractivity contribution is 7.98. The van der Waals surface area contributed by atoms with Crippen molar-refractivity contribution in [2.24, 2.45) is 5.73 Å². The van der Waals surface area contributed by atoms with Crippen LogP contribution in [0, 0.1) is 0 Å². The molecule has 5 nitrogen and oxygen atoms in total. The van der Waals surface area contributed by atoms with Crippen LogP contribution in [0.1, 0.15) is 13.3 Å². The van der Waals surface area contributed by atoms with Crippen molar-refractivity contribution in [3.05, 3.63) is 18.3 Å². The number of hydrogen-bond acceptors (Lipinski definition) is 5. The first-order valence-corrected chi connectivity index (χ1v) is 7.21. The predicted molar refractivity (Wildman–Crippen MR) is 75.0 cm³/mol. The van der Waals surface area contributed by atoms with Gasteiger partial charge in [0.25, 0.3) is 0 Å². The van der Waals surface area contributed by atoms with E-state index in [-0.39, 0.29) is 5.91 Å². The van der Waals surface area contributed by atoms with E-state index in [1.54, 1.807) is 30.1 Å². The van der Waals surface area contributed by atoms with Crippen molar-refractivity contribution in [2.45, 2.75) is 19.4 Å². The minimum absolute atomic E-state index is 0.210. The van der Waals surface area contributed by atoms with Gasteiger partial charge in [0.2, 0.25) is 11.8 Å². The maximum atomic E-state index is 11.8. The molecule has 0 aromatic carbocycles. The molecule has 3 N–H and O–H groups in total. The van der Waals surface area contributed by atoms with Crippen LogP contribution in [0.5, 0.6) is 5.88 Å². The number of rotatable bonds is 7. The molecule has 0 saturated heterocycles. The predicted octanol–water partition coefficient (Wildman–Crippen LogP) is 1.50. The number of carbonyl (C=O) groups is 1. The van der Waals surface area contributed by atoms with Gasteiger partial charge in [-0.2, -0.15) is 11.8 Å². The normalized spacial score (nSPS) is 11.9. The molecule has 0 fully saturated rings. The SMILES string of the molecule is CCOc1ncccc1NC(=O)[C@@H](N)CCSC. The van der Waals surface area contributed by atoms with Crippen molar-refractivity contribution < 1.29 is 9.53 Å². The summed E-state index contributed by atoms with van der Waals surface area (Å²) in [6.45, 7) is 2.36. The molecular weight excluding hydrogens is 250 g/mol. The fourth-order valence-electron chi connectivity index (χ4n) is 1.34. The minimum Gasteiger partial charge on any atom is -0.476 e. The maximum absolute atomic E-state index is 11.8. The summed E-state index contributed by atoms with van der Waals surface area (Å²) in [5.74, 6) is 1.07. The van der Waals surface area contributed by atoms with Gasteiger partial charge in [0.1, 0.15) is 5.69 Å². The summed E-state index contributed by atoms with van der Waals surface area (Å²) < 4.78 is 5.33. The van der Waals surface area contributed by atoms with Crippen LogP contribution >= 0.6 is 11.8 Å². The molecule has 18 heavy (non-hydrogen) atoms. The number of thioether (sulfide) groups is 1. The van der Waals surface area contributed by atoms with Crippen LogP contribution < -0.4 is 15.8 Å². The minimum atomic E-state index is -0.507. The van der Waals surface area contributed by atoms with Gasteiger partial charge in [0.15, 0.2) is 0 Å². The highest BCUT2D eigenvalue weighted by Gasteiger charge is 2.15. The first-order chi connectivity index (χ1) is 8.69. The number of aromatic nitrogens is 1.